The fourth-order valence-electron chi connectivity index (χ4n) is 2.64. The van der Waals surface area contributed by atoms with Gasteiger partial charge >= 0.3 is 5.69 Å². The van der Waals surface area contributed by atoms with Crippen LogP contribution in [0.1, 0.15) is 10.5 Å². The van der Waals surface area contributed by atoms with E-state index >= 15 is 0 Å². The Balaban J connectivity index is 2.08. The number of hydrogen-bond donors (Lipinski definition) is 2. The first-order chi connectivity index (χ1) is 12.5. The van der Waals surface area contributed by atoms with Crippen molar-refractivity contribution in [2.45, 2.75) is 0 Å². The highest BCUT2D eigenvalue weighted by Crippen LogP contribution is 2.22. The van der Waals surface area contributed by atoms with Crippen LogP contribution in [-0.2, 0) is 0 Å². The molecule has 0 spiro atoms. The van der Waals surface area contributed by atoms with Gasteiger partial charge in [0.1, 0.15) is 5.52 Å². The highest BCUT2D eigenvalue weighted by Gasteiger charge is 2.20. The third-order valence-corrected chi connectivity index (χ3v) is 3.99. The van der Waals surface area contributed by atoms with Crippen molar-refractivity contribution in [1.82, 2.24) is 24.5 Å². The molecule has 4 aromatic rings. The number of carbonyl (C=O) groups excluding carboxylic acids is 1. The van der Waals surface area contributed by atoms with E-state index in [-0.39, 0.29) is 22.7 Å². The maximum absolute atomic E-state index is 12.5. The van der Waals surface area contributed by atoms with Gasteiger partial charge in [0.15, 0.2) is 17.2 Å². The van der Waals surface area contributed by atoms with Gasteiger partial charge in [-0.15, -0.1) is 0 Å². The molecule has 8 nitrogen and oxygen atoms in total. The summed E-state index contributed by atoms with van der Waals surface area (Å²) in [6.07, 6.45) is 3.16. The molecule has 0 saturated heterocycles. The van der Waals surface area contributed by atoms with Gasteiger partial charge in [0, 0.05) is 23.0 Å². The van der Waals surface area contributed by atoms with Gasteiger partial charge < -0.3 is 10.7 Å². The first kappa shape index (κ1) is 16.0. The predicted molar refractivity (Wildman–Crippen MR) is 96.2 cm³/mol. The number of primary amides is 1. The molecule has 3 heterocycles. The number of nitrogens with two attached hydrogens (primary N) is 1. The van der Waals surface area contributed by atoms with Gasteiger partial charge in [-0.05, 0) is 30.3 Å². The number of hydrogen-bond acceptors (Lipinski definition) is 5. The highest BCUT2D eigenvalue weighted by molar-refractivity contribution is 6.30. The number of rotatable bonds is 3. The van der Waals surface area contributed by atoms with E-state index in [0.717, 1.165) is 0 Å². The van der Waals surface area contributed by atoms with Crippen LogP contribution in [0.2, 0.25) is 5.02 Å². The molecule has 0 aliphatic heterocycles. The van der Waals surface area contributed by atoms with Crippen LogP contribution in [0, 0.1) is 0 Å². The monoisotopic (exact) mass is 366 g/mol. The molecule has 0 atom stereocenters. The molecule has 0 aliphatic carbocycles. The van der Waals surface area contributed by atoms with E-state index in [0.29, 0.717) is 16.3 Å². The van der Waals surface area contributed by atoms with E-state index in [1.165, 1.54) is 4.57 Å². The molecule has 0 fully saturated rings. The molecular weight excluding hydrogens is 356 g/mol. The van der Waals surface area contributed by atoms with Crippen molar-refractivity contribution in [3.05, 3.63) is 70.0 Å². The molecule has 4 rings (SSSR count). The van der Waals surface area contributed by atoms with Crippen molar-refractivity contribution >= 4 is 28.7 Å². The van der Waals surface area contributed by atoms with E-state index in [1.807, 2.05) is 0 Å². The second-order valence-corrected chi connectivity index (χ2v) is 5.88. The Morgan fingerprint density at radius 3 is 2.73 bits per heavy atom. The molecule has 0 aliphatic rings. The summed E-state index contributed by atoms with van der Waals surface area (Å²) in [6, 6.07) is 10.2. The number of nitrogens with zero attached hydrogens (tertiary/aromatic N) is 4. The molecule has 0 radical (unpaired) electrons. The van der Waals surface area contributed by atoms with E-state index < -0.39 is 11.6 Å². The molecule has 1 aromatic carbocycles. The van der Waals surface area contributed by atoms with E-state index in [4.69, 9.17) is 17.3 Å². The van der Waals surface area contributed by atoms with Crippen molar-refractivity contribution < 1.29 is 4.79 Å². The number of H-pyrrole nitrogens is 1. The van der Waals surface area contributed by atoms with Crippen LogP contribution in [-0.4, -0.2) is 30.4 Å². The number of fused-ring (bicyclic) bond motifs is 1. The maximum atomic E-state index is 12.5. The Hall–Kier alpha value is -3.52. The number of aromatic nitrogens is 5. The van der Waals surface area contributed by atoms with Gasteiger partial charge in [-0.3, -0.25) is 9.78 Å². The van der Waals surface area contributed by atoms with Crippen LogP contribution < -0.4 is 11.4 Å². The lowest BCUT2D eigenvalue weighted by Crippen LogP contribution is -2.15. The van der Waals surface area contributed by atoms with Crippen LogP contribution in [0.4, 0.5) is 0 Å². The summed E-state index contributed by atoms with van der Waals surface area (Å²) in [6.45, 7) is 0. The van der Waals surface area contributed by atoms with Gasteiger partial charge in [0.2, 0.25) is 0 Å². The predicted octanol–water partition coefficient (Wildman–Crippen LogP) is 1.92. The third kappa shape index (κ3) is 2.62. The Morgan fingerprint density at radius 1 is 1.19 bits per heavy atom. The minimum Gasteiger partial charge on any atom is -0.364 e. The summed E-state index contributed by atoms with van der Waals surface area (Å²) in [7, 11) is 0. The van der Waals surface area contributed by atoms with Crippen molar-refractivity contribution in [3.63, 3.8) is 0 Å². The summed E-state index contributed by atoms with van der Waals surface area (Å²) < 4.78 is 1.31. The van der Waals surface area contributed by atoms with Crippen molar-refractivity contribution in [1.29, 1.82) is 0 Å². The van der Waals surface area contributed by atoms with Gasteiger partial charge in [-0.2, -0.15) is 0 Å². The van der Waals surface area contributed by atoms with Crippen LogP contribution in [0.25, 0.3) is 28.2 Å². The number of carbonyl (C=O) groups is 1. The molecule has 9 heteroatoms. The Kier molecular flexibility index (Phi) is 3.74. The number of amides is 1. The molecule has 26 heavy (non-hydrogen) atoms. The van der Waals surface area contributed by atoms with Crippen molar-refractivity contribution in [2.24, 2.45) is 5.73 Å². The topological polar surface area (TPSA) is 120 Å². The average molecular weight is 367 g/mol. The third-order valence-electron chi connectivity index (χ3n) is 3.76. The highest BCUT2D eigenvalue weighted by atomic mass is 35.5. The number of aromatic amines is 1. The summed E-state index contributed by atoms with van der Waals surface area (Å²) in [5.41, 5.74) is 6.36. The van der Waals surface area contributed by atoms with Crippen LogP contribution in [0.15, 0.2) is 53.6 Å². The fraction of sp³-hybridized carbons (Fsp3) is 0. The maximum Gasteiger partial charge on any atom is 0.332 e. The van der Waals surface area contributed by atoms with Gasteiger partial charge in [-0.25, -0.2) is 19.3 Å². The van der Waals surface area contributed by atoms with Gasteiger partial charge in [-0.1, -0.05) is 17.7 Å². The minimum absolute atomic E-state index is 0.0771. The summed E-state index contributed by atoms with van der Waals surface area (Å²) in [4.78, 5) is 39.6. The Bertz CT molecular complexity index is 1200. The molecular formula is C17H11ClN6O2. The minimum atomic E-state index is -0.776. The second-order valence-electron chi connectivity index (χ2n) is 5.45. The number of imidazole rings is 1. The lowest BCUT2D eigenvalue weighted by Gasteiger charge is -2.06. The van der Waals surface area contributed by atoms with Crippen LogP contribution >= 0.6 is 11.6 Å². The number of halogens is 1. The number of benzene rings is 1. The fourth-order valence-corrected chi connectivity index (χ4v) is 2.83. The SMILES string of the molecule is NC(=O)c1nc(-c2cccnc2)nc2c1[nH]c(=O)n2-c1cccc(Cl)c1. The average Bonchev–Trinajstić information content (AvgIpc) is 2.97. The number of nitrogens with one attached hydrogen (secondary N) is 1. The molecule has 0 saturated carbocycles. The standard InChI is InChI=1S/C17H11ClN6O2/c18-10-4-1-5-11(7-10)24-16-13(22-17(24)26)12(14(19)25)21-15(23-16)9-3-2-6-20-8-9/h1-8H,(H2,19,25)(H,22,26). The summed E-state index contributed by atoms with van der Waals surface area (Å²) in [5.74, 6) is -0.545. The van der Waals surface area contributed by atoms with Gasteiger partial charge in [0.25, 0.3) is 5.91 Å². The molecule has 128 valence electrons. The Labute approximate surface area is 151 Å². The van der Waals surface area contributed by atoms with E-state index in [9.17, 15) is 9.59 Å². The molecule has 1 amide bonds. The quantitative estimate of drug-likeness (QED) is 0.574. The molecule has 3 N–H and O–H groups in total. The molecule has 0 bridgehead atoms. The molecule has 0 unspecified atom stereocenters. The van der Waals surface area contributed by atoms with Gasteiger partial charge in [0.05, 0.1) is 5.69 Å². The lowest BCUT2D eigenvalue weighted by atomic mass is 10.2. The zero-order valence-corrected chi connectivity index (χ0v) is 13.9. The first-order valence-electron chi connectivity index (χ1n) is 7.53. The summed E-state index contributed by atoms with van der Waals surface area (Å²) in [5, 5.41) is 0.459. The Morgan fingerprint density at radius 2 is 2.04 bits per heavy atom. The normalized spacial score (nSPS) is 11.0. The first-order valence-corrected chi connectivity index (χ1v) is 7.91. The van der Waals surface area contributed by atoms with E-state index in [1.54, 1.807) is 48.8 Å². The second kappa shape index (κ2) is 6.08. The zero-order valence-electron chi connectivity index (χ0n) is 13.2. The largest absolute Gasteiger partial charge is 0.364 e. The van der Waals surface area contributed by atoms with Crippen LogP contribution in [0.5, 0.6) is 0 Å². The van der Waals surface area contributed by atoms with Crippen LogP contribution in [0.3, 0.4) is 0 Å². The zero-order chi connectivity index (χ0) is 18.3. The van der Waals surface area contributed by atoms with E-state index in [2.05, 4.69) is 19.9 Å². The molecule has 3 aromatic heterocycles. The lowest BCUT2D eigenvalue weighted by molar-refractivity contribution is 0.0997. The number of pyridine rings is 1. The summed E-state index contributed by atoms with van der Waals surface area (Å²) >= 11 is 6.03. The van der Waals surface area contributed by atoms with Crippen molar-refractivity contribution in [2.75, 3.05) is 0 Å². The smallest absolute Gasteiger partial charge is 0.332 e. The van der Waals surface area contributed by atoms with Crippen molar-refractivity contribution in [3.8, 4) is 17.1 Å².